The van der Waals surface area contributed by atoms with Gasteiger partial charge in [0.2, 0.25) is 0 Å². The maximum atomic E-state index is 5.69. The van der Waals surface area contributed by atoms with Gasteiger partial charge in [-0.1, -0.05) is 27.2 Å². The quantitative estimate of drug-likeness (QED) is 0.808. The van der Waals surface area contributed by atoms with Gasteiger partial charge in [0.25, 0.3) is 0 Å². The lowest BCUT2D eigenvalue weighted by atomic mass is 10.1. The molecule has 1 heterocycles. The molecule has 0 radical (unpaired) electrons. The van der Waals surface area contributed by atoms with Gasteiger partial charge in [0, 0.05) is 29.4 Å². The molecule has 98 valence electrons. The van der Waals surface area contributed by atoms with E-state index in [1.807, 2.05) is 11.3 Å². The van der Waals surface area contributed by atoms with Crippen molar-refractivity contribution in [3.05, 3.63) is 21.4 Å². The van der Waals surface area contributed by atoms with Crippen LogP contribution in [0, 0.1) is 12.8 Å². The first-order valence-electron chi connectivity index (χ1n) is 6.61. The monoisotopic (exact) mass is 254 g/mol. The van der Waals surface area contributed by atoms with Gasteiger partial charge in [-0.05, 0) is 31.0 Å². The molecule has 0 saturated carbocycles. The van der Waals surface area contributed by atoms with E-state index in [2.05, 4.69) is 38.7 Å². The zero-order valence-electron chi connectivity index (χ0n) is 11.6. The molecule has 17 heavy (non-hydrogen) atoms. The molecule has 0 aromatic carbocycles. The van der Waals surface area contributed by atoms with E-state index in [1.54, 1.807) is 0 Å². The van der Waals surface area contributed by atoms with Gasteiger partial charge in [0.1, 0.15) is 0 Å². The Balaban J connectivity index is 2.63. The second-order valence-corrected chi connectivity index (χ2v) is 6.18. The summed E-state index contributed by atoms with van der Waals surface area (Å²) in [7, 11) is 0. The molecule has 0 amide bonds. The highest BCUT2D eigenvalue weighted by Crippen LogP contribution is 2.23. The first-order valence-corrected chi connectivity index (χ1v) is 7.42. The standard InChI is InChI=1S/C14H26N2S/c1-5-11(3)9-16(6-2)10-13-7-14(8-15)17-12(13)4/h7,11H,5-6,8-10,15H2,1-4H3. The number of hydrogen-bond donors (Lipinski definition) is 1. The molecule has 0 aliphatic heterocycles. The molecule has 0 spiro atoms. The van der Waals surface area contributed by atoms with Crippen molar-refractivity contribution < 1.29 is 0 Å². The van der Waals surface area contributed by atoms with Gasteiger partial charge in [-0.3, -0.25) is 4.90 Å². The molecule has 1 aromatic heterocycles. The van der Waals surface area contributed by atoms with Crippen LogP contribution in [0.25, 0.3) is 0 Å². The van der Waals surface area contributed by atoms with Crippen LogP contribution in [0.3, 0.4) is 0 Å². The van der Waals surface area contributed by atoms with E-state index in [9.17, 15) is 0 Å². The third-order valence-corrected chi connectivity index (χ3v) is 4.50. The molecule has 3 heteroatoms. The molecule has 2 N–H and O–H groups in total. The normalized spacial score (nSPS) is 13.3. The Morgan fingerprint density at radius 1 is 1.41 bits per heavy atom. The van der Waals surface area contributed by atoms with Crippen LogP contribution in [0.2, 0.25) is 0 Å². The minimum absolute atomic E-state index is 0.670. The number of thiophene rings is 1. The van der Waals surface area contributed by atoms with Gasteiger partial charge in [-0.25, -0.2) is 0 Å². The minimum Gasteiger partial charge on any atom is -0.326 e. The van der Waals surface area contributed by atoms with Crippen LogP contribution in [-0.2, 0) is 13.1 Å². The van der Waals surface area contributed by atoms with E-state index < -0.39 is 0 Å². The van der Waals surface area contributed by atoms with Crippen LogP contribution in [0.5, 0.6) is 0 Å². The van der Waals surface area contributed by atoms with Crippen molar-refractivity contribution in [2.24, 2.45) is 11.7 Å². The third kappa shape index (κ3) is 4.41. The van der Waals surface area contributed by atoms with Crippen LogP contribution in [-0.4, -0.2) is 18.0 Å². The van der Waals surface area contributed by atoms with Crippen molar-refractivity contribution in [2.75, 3.05) is 13.1 Å². The zero-order valence-corrected chi connectivity index (χ0v) is 12.4. The maximum Gasteiger partial charge on any atom is 0.0274 e. The van der Waals surface area contributed by atoms with Gasteiger partial charge < -0.3 is 5.73 Å². The first kappa shape index (κ1) is 14.7. The summed E-state index contributed by atoms with van der Waals surface area (Å²) < 4.78 is 0. The number of aryl methyl sites for hydroxylation is 1. The SMILES string of the molecule is CCC(C)CN(CC)Cc1cc(CN)sc1C. The summed E-state index contributed by atoms with van der Waals surface area (Å²) in [5.41, 5.74) is 7.15. The summed E-state index contributed by atoms with van der Waals surface area (Å²) in [6.07, 6.45) is 1.26. The Hall–Kier alpha value is -0.380. The highest BCUT2D eigenvalue weighted by molar-refractivity contribution is 7.12. The predicted octanol–water partition coefficient (Wildman–Crippen LogP) is 3.38. The Labute approximate surface area is 110 Å². The lowest BCUT2D eigenvalue weighted by Crippen LogP contribution is -2.27. The zero-order chi connectivity index (χ0) is 12.8. The Morgan fingerprint density at radius 2 is 2.12 bits per heavy atom. The van der Waals surface area contributed by atoms with Crippen molar-refractivity contribution in [1.29, 1.82) is 0 Å². The fraction of sp³-hybridized carbons (Fsp3) is 0.714. The largest absolute Gasteiger partial charge is 0.326 e. The second kappa shape index (κ2) is 7.14. The summed E-state index contributed by atoms with van der Waals surface area (Å²) >= 11 is 1.84. The van der Waals surface area contributed by atoms with Gasteiger partial charge in [0.05, 0.1) is 0 Å². The molecule has 0 aliphatic carbocycles. The maximum absolute atomic E-state index is 5.69. The molecule has 1 atom stereocenters. The fourth-order valence-corrected chi connectivity index (χ4v) is 2.89. The van der Waals surface area contributed by atoms with E-state index in [1.165, 1.54) is 28.3 Å². The fourth-order valence-electron chi connectivity index (χ4n) is 1.96. The van der Waals surface area contributed by atoms with E-state index >= 15 is 0 Å². The molecule has 1 rings (SSSR count). The molecular weight excluding hydrogens is 228 g/mol. The summed E-state index contributed by atoms with van der Waals surface area (Å²) in [4.78, 5) is 5.26. The van der Waals surface area contributed by atoms with Crippen LogP contribution in [0.1, 0.15) is 42.5 Å². The smallest absolute Gasteiger partial charge is 0.0274 e. The van der Waals surface area contributed by atoms with Crippen molar-refractivity contribution in [3.63, 3.8) is 0 Å². The van der Waals surface area contributed by atoms with E-state index in [0.29, 0.717) is 6.54 Å². The van der Waals surface area contributed by atoms with Crippen LogP contribution in [0.15, 0.2) is 6.07 Å². The molecule has 1 unspecified atom stereocenters. The van der Waals surface area contributed by atoms with Gasteiger partial charge in [-0.15, -0.1) is 11.3 Å². The molecule has 2 nitrogen and oxygen atoms in total. The molecular formula is C14H26N2S. The van der Waals surface area contributed by atoms with E-state index in [-0.39, 0.29) is 0 Å². The highest BCUT2D eigenvalue weighted by atomic mass is 32.1. The van der Waals surface area contributed by atoms with Gasteiger partial charge in [-0.2, -0.15) is 0 Å². The number of nitrogens with zero attached hydrogens (tertiary/aromatic N) is 1. The highest BCUT2D eigenvalue weighted by Gasteiger charge is 2.11. The van der Waals surface area contributed by atoms with E-state index in [0.717, 1.165) is 19.0 Å². The van der Waals surface area contributed by atoms with E-state index in [4.69, 9.17) is 5.73 Å². The Morgan fingerprint density at radius 3 is 2.59 bits per heavy atom. The van der Waals surface area contributed by atoms with Gasteiger partial charge in [0.15, 0.2) is 0 Å². The molecule has 0 bridgehead atoms. The average molecular weight is 254 g/mol. The number of rotatable bonds is 7. The van der Waals surface area contributed by atoms with Crippen LogP contribution < -0.4 is 5.73 Å². The van der Waals surface area contributed by atoms with Crippen molar-refractivity contribution in [1.82, 2.24) is 4.90 Å². The van der Waals surface area contributed by atoms with Crippen molar-refractivity contribution in [2.45, 2.75) is 47.2 Å². The lowest BCUT2D eigenvalue weighted by molar-refractivity contribution is 0.238. The molecule has 0 fully saturated rings. The number of hydrogen-bond acceptors (Lipinski definition) is 3. The van der Waals surface area contributed by atoms with Crippen molar-refractivity contribution in [3.8, 4) is 0 Å². The summed E-state index contributed by atoms with van der Waals surface area (Å²) in [6, 6.07) is 2.28. The Bertz CT molecular complexity index is 333. The molecule has 1 aromatic rings. The summed E-state index contributed by atoms with van der Waals surface area (Å²) in [5, 5.41) is 0. The Kier molecular flexibility index (Phi) is 6.17. The summed E-state index contributed by atoms with van der Waals surface area (Å²) in [5.74, 6) is 0.780. The third-order valence-electron chi connectivity index (χ3n) is 3.38. The topological polar surface area (TPSA) is 29.3 Å². The average Bonchev–Trinajstić information content (AvgIpc) is 2.69. The van der Waals surface area contributed by atoms with Crippen LogP contribution >= 0.6 is 11.3 Å². The van der Waals surface area contributed by atoms with Crippen LogP contribution in [0.4, 0.5) is 0 Å². The molecule has 0 saturated heterocycles. The second-order valence-electron chi connectivity index (χ2n) is 4.84. The van der Waals surface area contributed by atoms with Gasteiger partial charge >= 0.3 is 0 Å². The van der Waals surface area contributed by atoms with Crippen molar-refractivity contribution >= 4 is 11.3 Å². The first-order chi connectivity index (χ1) is 8.10. The molecule has 0 aliphatic rings. The number of nitrogens with two attached hydrogens (primary N) is 1. The lowest BCUT2D eigenvalue weighted by Gasteiger charge is -2.23. The summed E-state index contributed by atoms with van der Waals surface area (Å²) in [6.45, 7) is 13.1. The predicted molar refractivity (Wildman–Crippen MR) is 77.4 cm³/mol. The minimum atomic E-state index is 0.670.